The van der Waals surface area contributed by atoms with Gasteiger partial charge in [-0.1, -0.05) is 36.4 Å². The summed E-state index contributed by atoms with van der Waals surface area (Å²) >= 11 is 0. The second-order valence-corrected chi connectivity index (χ2v) is 4.62. The monoisotopic (exact) mass is 257 g/mol. The minimum atomic E-state index is -0.138. The molecule has 0 amide bonds. The van der Waals surface area contributed by atoms with Crippen molar-refractivity contribution in [3.8, 4) is 0 Å². The lowest BCUT2D eigenvalue weighted by Crippen LogP contribution is -2.25. The van der Waals surface area contributed by atoms with E-state index in [2.05, 4.69) is 6.58 Å². The van der Waals surface area contributed by atoms with Crippen molar-refractivity contribution in [3.05, 3.63) is 70.2 Å². The maximum atomic E-state index is 12.1. The van der Waals surface area contributed by atoms with E-state index in [4.69, 9.17) is 0 Å². The van der Waals surface area contributed by atoms with Gasteiger partial charge >= 0.3 is 0 Å². The zero-order valence-corrected chi connectivity index (χ0v) is 11.6. The number of hydrogen-bond donors (Lipinski definition) is 0. The highest BCUT2D eigenvalue weighted by molar-refractivity contribution is 5.97. The summed E-state index contributed by atoms with van der Waals surface area (Å²) in [4.78, 5) is 23.9. The van der Waals surface area contributed by atoms with Crippen molar-refractivity contribution in [2.45, 2.75) is 27.3 Å². The van der Waals surface area contributed by atoms with Gasteiger partial charge in [0, 0.05) is 17.3 Å². The van der Waals surface area contributed by atoms with Gasteiger partial charge in [0.2, 0.25) is 0 Å². The van der Waals surface area contributed by atoms with Crippen LogP contribution in [0.1, 0.15) is 19.4 Å². The summed E-state index contributed by atoms with van der Waals surface area (Å²) in [6, 6.07) is 3.49. The smallest absolute Gasteiger partial charge is 0.253 e. The molecule has 0 aliphatic carbocycles. The number of aryl methyl sites for hydroxylation is 1. The van der Waals surface area contributed by atoms with Gasteiger partial charge in [0.05, 0.1) is 6.54 Å². The minimum Gasteiger partial charge on any atom is -0.308 e. The number of aromatic nitrogens is 1. The first-order chi connectivity index (χ1) is 8.95. The molecule has 0 aliphatic rings. The van der Waals surface area contributed by atoms with Crippen molar-refractivity contribution < 1.29 is 4.79 Å². The molecule has 1 heterocycles. The standard InChI is InChI=1S/C16H19NO2/c1-5-14(9-8-12(2)3)15(18)11-17-10-6-7-13(4)16(17)19/h5-10H,1,11H2,2-4H3/b14-9+. The molecule has 0 atom stereocenters. The Morgan fingerprint density at radius 1 is 1.37 bits per heavy atom. The van der Waals surface area contributed by atoms with Crippen LogP contribution >= 0.6 is 0 Å². The molecule has 0 unspecified atom stereocenters. The highest BCUT2D eigenvalue weighted by atomic mass is 16.1. The van der Waals surface area contributed by atoms with E-state index in [0.717, 1.165) is 5.57 Å². The van der Waals surface area contributed by atoms with Gasteiger partial charge in [-0.3, -0.25) is 9.59 Å². The van der Waals surface area contributed by atoms with Crippen molar-refractivity contribution in [2.75, 3.05) is 0 Å². The summed E-state index contributed by atoms with van der Waals surface area (Å²) in [7, 11) is 0. The molecule has 0 radical (unpaired) electrons. The van der Waals surface area contributed by atoms with E-state index in [0.29, 0.717) is 11.1 Å². The lowest BCUT2D eigenvalue weighted by Gasteiger charge is -2.06. The molecule has 1 aromatic rings. The highest BCUT2D eigenvalue weighted by Gasteiger charge is 2.08. The van der Waals surface area contributed by atoms with E-state index in [-0.39, 0.29) is 17.9 Å². The predicted molar refractivity (Wildman–Crippen MR) is 78.2 cm³/mol. The van der Waals surface area contributed by atoms with E-state index in [1.165, 1.54) is 10.6 Å². The average molecular weight is 257 g/mol. The van der Waals surface area contributed by atoms with Crippen molar-refractivity contribution >= 4 is 5.78 Å². The van der Waals surface area contributed by atoms with Gasteiger partial charge in [-0.2, -0.15) is 0 Å². The van der Waals surface area contributed by atoms with Crippen LogP contribution in [0, 0.1) is 6.92 Å². The molecule has 0 saturated carbocycles. The van der Waals surface area contributed by atoms with E-state index in [1.807, 2.05) is 19.9 Å². The number of ketones is 1. The molecule has 0 aliphatic heterocycles. The number of rotatable bonds is 5. The van der Waals surface area contributed by atoms with Crippen molar-refractivity contribution in [1.82, 2.24) is 4.57 Å². The zero-order valence-electron chi connectivity index (χ0n) is 11.6. The Kier molecular flexibility index (Phi) is 5.24. The Hall–Kier alpha value is -2.16. The molecule has 0 N–H and O–H groups in total. The van der Waals surface area contributed by atoms with Crippen LogP contribution in [0.5, 0.6) is 0 Å². The molecule has 0 bridgehead atoms. The lowest BCUT2D eigenvalue weighted by atomic mass is 10.1. The maximum absolute atomic E-state index is 12.1. The first-order valence-electron chi connectivity index (χ1n) is 6.12. The highest BCUT2D eigenvalue weighted by Crippen LogP contribution is 2.03. The molecular weight excluding hydrogens is 238 g/mol. The topological polar surface area (TPSA) is 39.1 Å². The number of hydrogen-bond acceptors (Lipinski definition) is 2. The second-order valence-electron chi connectivity index (χ2n) is 4.62. The van der Waals surface area contributed by atoms with Crippen LogP contribution in [0.3, 0.4) is 0 Å². The molecule has 3 heteroatoms. The SMILES string of the molecule is C=C/C(=C\C=C(C)C)C(=O)Cn1cccc(C)c1=O. The molecule has 0 aromatic carbocycles. The van der Waals surface area contributed by atoms with Gasteiger partial charge in [-0.15, -0.1) is 0 Å². The normalized spacial score (nSPS) is 11.0. The molecule has 0 saturated heterocycles. The molecule has 1 aromatic heterocycles. The van der Waals surface area contributed by atoms with E-state index >= 15 is 0 Å². The number of allylic oxidation sites excluding steroid dienone is 5. The van der Waals surface area contributed by atoms with Crippen molar-refractivity contribution in [3.63, 3.8) is 0 Å². The number of Topliss-reactive ketones (excluding diaryl/α,β-unsaturated/α-hetero) is 1. The molecule has 100 valence electrons. The summed E-state index contributed by atoms with van der Waals surface area (Å²) in [5, 5.41) is 0. The summed E-state index contributed by atoms with van der Waals surface area (Å²) in [6.07, 6.45) is 6.72. The first kappa shape index (κ1) is 14.9. The third-order valence-electron chi connectivity index (χ3n) is 2.66. The molecule has 3 nitrogen and oxygen atoms in total. The third-order valence-corrected chi connectivity index (χ3v) is 2.66. The van der Waals surface area contributed by atoms with E-state index < -0.39 is 0 Å². The average Bonchev–Trinajstić information content (AvgIpc) is 2.35. The predicted octanol–water partition coefficient (Wildman–Crippen LogP) is 2.80. The van der Waals surface area contributed by atoms with Crippen molar-refractivity contribution in [1.29, 1.82) is 0 Å². The van der Waals surface area contributed by atoms with Gasteiger partial charge < -0.3 is 4.57 Å². The molecule has 19 heavy (non-hydrogen) atoms. The van der Waals surface area contributed by atoms with E-state index in [9.17, 15) is 9.59 Å². The Labute approximate surface area is 113 Å². The quantitative estimate of drug-likeness (QED) is 0.601. The van der Waals surface area contributed by atoms with Crippen LogP contribution in [0.2, 0.25) is 0 Å². The number of pyridine rings is 1. The number of carbonyl (C=O) groups excluding carboxylic acids is 1. The van der Waals surface area contributed by atoms with E-state index in [1.54, 1.807) is 31.3 Å². The van der Waals surface area contributed by atoms with Crippen LogP contribution in [-0.4, -0.2) is 10.4 Å². The van der Waals surface area contributed by atoms with Gasteiger partial charge in [0.25, 0.3) is 5.56 Å². The first-order valence-corrected chi connectivity index (χ1v) is 6.12. The van der Waals surface area contributed by atoms with Gasteiger partial charge in [0.1, 0.15) is 0 Å². The van der Waals surface area contributed by atoms with Gasteiger partial charge in [-0.05, 0) is 26.8 Å². The Balaban J connectivity index is 2.99. The van der Waals surface area contributed by atoms with Crippen molar-refractivity contribution in [2.24, 2.45) is 0 Å². The number of carbonyl (C=O) groups is 1. The largest absolute Gasteiger partial charge is 0.308 e. The Bertz CT molecular complexity index is 599. The Morgan fingerprint density at radius 3 is 2.63 bits per heavy atom. The van der Waals surface area contributed by atoms with Gasteiger partial charge in [-0.25, -0.2) is 0 Å². The van der Waals surface area contributed by atoms with Crippen LogP contribution < -0.4 is 5.56 Å². The number of nitrogens with zero attached hydrogens (tertiary/aromatic N) is 1. The summed E-state index contributed by atoms with van der Waals surface area (Å²) in [5.74, 6) is -0.125. The molecular formula is C16H19NO2. The minimum absolute atomic E-state index is 0.0367. The summed E-state index contributed by atoms with van der Waals surface area (Å²) in [5.41, 5.74) is 2.10. The molecule has 0 spiro atoms. The van der Waals surface area contributed by atoms with Crippen LogP contribution in [0.25, 0.3) is 0 Å². The maximum Gasteiger partial charge on any atom is 0.253 e. The van der Waals surface area contributed by atoms with Gasteiger partial charge in [0.15, 0.2) is 5.78 Å². The fourth-order valence-corrected chi connectivity index (χ4v) is 1.56. The molecule has 0 fully saturated rings. The fraction of sp³-hybridized carbons (Fsp3) is 0.250. The second kappa shape index (κ2) is 6.69. The summed E-state index contributed by atoms with van der Waals surface area (Å²) < 4.78 is 1.41. The van der Waals surface area contributed by atoms with Crippen LogP contribution in [0.4, 0.5) is 0 Å². The van der Waals surface area contributed by atoms with Crippen LogP contribution in [0.15, 0.2) is 59.1 Å². The Morgan fingerprint density at radius 2 is 2.05 bits per heavy atom. The summed E-state index contributed by atoms with van der Waals surface area (Å²) in [6.45, 7) is 9.31. The molecule has 1 rings (SSSR count). The van der Waals surface area contributed by atoms with Crippen LogP contribution in [-0.2, 0) is 11.3 Å². The lowest BCUT2D eigenvalue weighted by molar-refractivity contribution is -0.115. The zero-order chi connectivity index (χ0) is 14.4. The fourth-order valence-electron chi connectivity index (χ4n) is 1.56. The third kappa shape index (κ3) is 4.21.